The van der Waals surface area contributed by atoms with Crippen molar-refractivity contribution in [2.45, 2.75) is 32.4 Å². The molecule has 0 bridgehead atoms. The first-order valence-electron chi connectivity index (χ1n) is 6.64. The van der Waals surface area contributed by atoms with E-state index >= 15 is 0 Å². The molecule has 1 fully saturated rings. The van der Waals surface area contributed by atoms with Crippen LogP contribution in [-0.4, -0.2) is 17.1 Å². The molecule has 3 rings (SSSR count). The Morgan fingerprint density at radius 3 is 2.89 bits per heavy atom. The first kappa shape index (κ1) is 12.2. The normalized spacial score (nSPS) is 16.7. The number of hydrogen-bond donors (Lipinski definition) is 2. The number of benzene rings is 1. The Kier molecular flexibility index (Phi) is 3.03. The van der Waals surface area contributed by atoms with Crippen LogP contribution in [0.1, 0.15) is 35.9 Å². The smallest absolute Gasteiger partial charge is 0.339 e. The highest BCUT2D eigenvalue weighted by Gasteiger charge is 2.28. The Balaban J connectivity index is 1.88. The highest BCUT2D eigenvalue weighted by atomic mass is 16.4. The standard InChI is InChI=1S/C15H17NO3/c1-9(10-6-7-10)16-8-13-14(15(17)18)11-4-2-3-5-12(11)19-13/h2-5,9-10,16H,6-8H2,1H3,(H,17,18). The molecule has 0 radical (unpaired) electrons. The third-order valence-electron chi connectivity index (χ3n) is 3.80. The molecular formula is C15H17NO3. The Bertz CT molecular complexity index is 613. The molecular weight excluding hydrogens is 242 g/mol. The average Bonchev–Trinajstić information content (AvgIpc) is 3.16. The fraction of sp³-hybridized carbons (Fsp3) is 0.400. The van der Waals surface area contributed by atoms with Crippen molar-refractivity contribution < 1.29 is 14.3 Å². The van der Waals surface area contributed by atoms with E-state index in [1.54, 1.807) is 12.1 Å². The Hall–Kier alpha value is -1.81. The summed E-state index contributed by atoms with van der Waals surface area (Å²) in [5.41, 5.74) is 0.918. The maximum absolute atomic E-state index is 11.4. The molecule has 0 amide bonds. The van der Waals surface area contributed by atoms with E-state index in [-0.39, 0.29) is 5.56 Å². The fourth-order valence-electron chi connectivity index (χ4n) is 2.47. The molecule has 1 saturated carbocycles. The summed E-state index contributed by atoms with van der Waals surface area (Å²) in [6.07, 6.45) is 2.53. The number of para-hydroxylation sites is 1. The van der Waals surface area contributed by atoms with Crippen LogP contribution in [0.2, 0.25) is 0 Å². The summed E-state index contributed by atoms with van der Waals surface area (Å²) in [4.78, 5) is 11.4. The van der Waals surface area contributed by atoms with E-state index in [0.717, 1.165) is 5.92 Å². The minimum Gasteiger partial charge on any atom is -0.478 e. The maximum Gasteiger partial charge on any atom is 0.339 e. The molecule has 0 saturated heterocycles. The molecule has 1 aliphatic rings. The molecule has 100 valence electrons. The van der Waals surface area contributed by atoms with Crippen LogP contribution in [0.15, 0.2) is 28.7 Å². The highest BCUT2D eigenvalue weighted by Crippen LogP contribution is 2.33. The van der Waals surface area contributed by atoms with Crippen LogP contribution < -0.4 is 5.32 Å². The van der Waals surface area contributed by atoms with E-state index in [0.29, 0.717) is 29.3 Å². The molecule has 4 nitrogen and oxygen atoms in total. The van der Waals surface area contributed by atoms with Gasteiger partial charge in [0.15, 0.2) is 0 Å². The molecule has 1 atom stereocenters. The number of carboxylic acid groups (broad SMARTS) is 1. The van der Waals surface area contributed by atoms with E-state index in [4.69, 9.17) is 4.42 Å². The molecule has 2 aromatic rings. The quantitative estimate of drug-likeness (QED) is 0.866. The van der Waals surface area contributed by atoms with Crippen LogP contribution >= 0.6 is 0 Å². The lowest BCUT2D eigenvalue weighted by Crippen LogP contribution is -2.27. The Morgan fingerprint density at radius 1 is 1.47 bits per heavy atom. The third-order valence-corrected chi connectivity index (χ3v) is 3.80. The largest absolute Gasteiger partial charge is 0.478 e. The van der Waals surface area contributed by atoms with Crippen LogP contribution in [-0.2, 0) is 6.54 Å². The lowest BCUT2D eigenvalue weighted by atomic mass is 10.1. The van der Waals surface area contributed by atoms with Crippen LogP contribution in [0, 0.1) is 5.92 Å². The number of hydrogen-bond acceptors (Lipinski definition) is 3. The molecule has 1 aliphatic carbocycles. The molecule has 19 heavy (non-hydrogen) atoms. The summed E-state index contributed by atoms with van der Waals surface area (Å²) in [6.45, 7) is 2.61. The summed E-state index contributed by atoms with van der Waals surface area (Å²) in [7, 11) is 0. The van der Waals surface area contributed by atoms with Gasteiger partial charge in [-0.2, -0.15) is 0 Å². The van der Waals surface area contributed by atoms with E-state index in [9.17, 15) is 9.90 Å². The predicted molar refractivity (Wildman–Crippen MR) is 72.2 cm³/mol. The molecule has 2 N–H and O–H groups in total. The number of nitrogens with one attached hydrogen (secondary N) is 1. The van der Waals surface area contributed by atoms with E-state index in [1.807, 2.05) is 12.1 Å². The summed E-state index contributed by atoms with van der Waals surface area (Å²) in [5, 5.41) is 13.4. The minimum absolute atomic E-state index is 0.283. The topological polar surface area (TPSA) is 62.5 Å². The van der Waals surface area contributed by atoms with Gasteiger partial charge in [-0.3, -0.25) is 0 Å². The number of furan rings is 1. The van der Waals surface area contributed by atoms with Gasteiger partial charge in [0.25, 0.3) is 0 Å². The van der Waals surface area contributed by atoms with Gasteiger partial charge in [-0.25, -0.2) is 4.79 Å². The van der Waals surface area contributed by atoms with E-state index in [2.05, 4.69) is 12.2 Å². The summed E-state index contributed by atoms with van der Waals surface area (Å²) < 4.78 is 5.67. The lowest BCUT2D eigenvalue weighted by Gasteiger charge is -2.11. The molecule has 0 aliphatic heterocycles. The van der Waals surface area contributed by atoms with Crippen molar-refractivity contribution in [2.24, 2.45) is 5.92 Å². The van der Waals surface area contributed by atoms with Crippen molar-refractivity contribution in [3.8, 4) is 0 Å². The molecule has 1 aromatic carbocycles. The first-order chi connectivity index (χ1) is 9.16. The van der Waals surface area contributed by atoms with Gasteiger partial charge < -0.3 is 14.8 Å². The number of fused-ring (bicyclic) bond motifs is 1. The molecule has 1 heterocycles. The number of carbonyl (C=O) groups is 1. The van der Waals surface area contributed by atoms with Crippen molar-refractivity contribution >= 4 is 16.9 Å². The monoisotopic (exact) mass is 259 g/mol. The first-order valence-corrected chi connectivity index (χ1v) is 6.64. The molecule has 0 spiro atoms. The Labute approximate surface area is 111 Å². The van der Waals surface area contributed by atoms with Crippen molar-refractivity contribution in [1.29, 1.82) is 0 Å². The summed E-state index contributed by atoms with van der Waals surface area (Å²) in [5.74, 6) is 0.319. The van der Waals surface area contributed by atoms with Crippen LogP contribution in [0.25, 0.3) is 11.0 Å². The summed E-state index contributed by atoms with van der Waals surface area (Å²) in [6, 6.07) is 7.68. The number of aromatic carboxylic acids is 1. The van der Waals surface area contributed by atoms with Gasteiger partial charge in [-0.15, -0.1) is 0 Å². The minimum atomic E-state index is -0.930. The van der Waals surface area contributed by atoms with Gasteiger partial charge in [0.1, 0.15) is 16.9 Å². The second kappa shape index (κ2) is 4.70. The lowest BCUT2D eigenvalue weighted by molar-refractivity contribution is 0.0696. The van der Waals surface area contributed by atoms with Gasteiger partial charge in [-0.05, 0) is 31.7 Å². The zero-order chi connectivity index (χ0) is 13.4. The van der Waals surface area contributed by atoms with E-state index < -0.39 is 5.97 Å². The van der Waals surface area contributed by atoms with Crippen molar-refractivity contribution in [2.75, 3.05) is 0 Å². The molecule has 1 unspecified atom stereocenters. The highest BCUT2D eigenvalue weighted by molar-refractivity contribution is 6.03. The summed E-state index contributed by atoms with van der Waals surface area (Å²) >= 11 is 0. The van der Waals surface area contributed by atoms with Crippen molar-refractivity contribution in [3.05, 3.63) is 35.6 Å². The fourth-order valence-corrected chi connectivity index (χ4v) is 2.47. The van der Waals surface area contributed by atoms with Gasteiger partial charge in [0.05, 0.1) is 6.54 Å². The molecule has 4 heteroatoms. The zero-order valence-corrected chi connectivity index (χ0v) is 10.8. The average molecular weight is 259 g/mol. The number of carboxylic acids is 1. The van der Waals surface area contributed by atoms with E-state index in [1.165, 1.54) is 12.8 Å². The van der Waals surface area contributed by atoms with Crippen molar-refractivity contribution in [1.82, 2.24) is 5.32 Å². The van der Waals surface area contributed by atoms with Gasteiger partial charge in [-0.1, -0.05) is 18.2 Å². The second-order valence-corrected chi connectivity index (χ2v) is 5.21. The maximum atomic E-state index is 11.4. The third kappa shape index (κ3) is 2.36. The van der Waals surface area contributed by atoms with Crippen LogP contribution in [0.4, 0.5) is 0 Å². The van der Waals surface area contributed by atoms with Gasteiger partial charge >= 0.3 is 5.97 Å². The van der Waals surface area contributed by atoms with Crippen molar-refractivity contribution in [3.63, 3.8) is 0 Å². The van der Waals surface area contributed by atoms with Crippen LogP contribution in [0.5, 0.6) is 0 Å². The SMILES string of the molecule is CC(NCc1oc2ccccc2c1C(=O)O)C1CC1. The molecule has 1 aromatic heterocycles. The van der Waals surface area contributed by atoms with Gasteiger partial charge in [0.2, 0.25) is 0 Å². The van der Waals surface area contributed by atoms with Gasteiger partial charge in [0, 0.05) is 11.4 Å². The zero-order valence-electron chi connectivity index (χ0n) is 10.8. The second-order valence-electron chi connectivity index (χ2n) is 5.21. The van der Waals surface area contributed by atoms with Crippen LogP contribution in [0.3, 0.4) is 0 Å². The predicted octanol–water partition coefficient (Wildman–Crippen LogP) is 3.02. The number of rotatable bonds is 5. The Morgan fingerprint density at radius 2 is 2.21 bits per heavy atom.